The van der Waals surface area contributed by atoms with Crippen LogP contribution in [0.4, 0.5) is 18.0 Å². The van der Waals surface area contributed by atoms with Crippen molar-refractivity contribution in [2.45, 2.75) is 25.3 Å². The Labute approximate surface area is 135 Å². The van der Waals surface area contributed by atoms with Crippen molar-refractivity contribution in [2.75, 3.05) is 20.2 Å². The Morgan fingerprint density at radius 1 is 1.50 bits per heavy atom. The number of rotatable bonds is 5. The molecular formula is C14H15F3N2O5. The number of nitrogens with zero attached hydrogens (tertiary/aromatic N) is 2. The molecule has 1 aliphatic rings. The van der Waals surface area contributed by atoms with Gasteiger partial charge in [0.15, 0.2) is 5.60 Å². The molecule has 1 amide bonds. The fourth-order valence-electron chi connectivity index (χ4n) is 2.29. The summed E-state index contributed by atoms with van der Waals surface area (Å²) in [7, 11) is 1.53. The molecule has 10 heteroatoms. The predicted molar refractivity (Wildman–Crippen MR) is 73.4 cm³/mol. The lowest BCUT2D eigenvalue weighted by Crippen LogP contribution is -2.35. The number of ether oxygens (including phenoxy) is 2. The fraction of sp³-hybridized carbons (Fsp3) is 0.500. The smallest absolute Gasteiger partial charge is 0.433 e. The summed E-state index contributed by atoms with van der Waals surface area (Å²) in [6.07, 6.45) is -5.23. The van der Waals surface area contributed by atoms with Crippen molar-refractivity contribution >= 4 is 12.1 Å². The summed E-state index contributed by atoms with van der Waals surface area (Å²) in [5, 5.41) is 9.04. The molecule has 0 radical (unpaired) electrons. The summed E-state index contributed by atoms with van der Waals surface area (Å²) in [5.41, 5.74) is -2.90. The molecule has 2 rings (SSSR count). The first-order valence-corrected chi connectivity index (χ1v) is 6.84. The SMILES string of the molecule is CN1CC(C)(COCc2nc(C(F)(F)F)ccc2C(=O)O)OC1=O. The third-order valence-electron chi connectivity index (χ3n) is 3.36. The highest BCUT2D eigenvalue weighted by molar-refractivity contribution is 5.88. The number of likely N-dealkylation sites (N-methyl/N-ethyl adjacent to an activating group) is 1. The quantitative estimate of drug-likeness (QED) is 0.877. The van der Waals surface area contributed by atoms with E-state index in [9.17, 15) is 22.8 Å². The Kier molecular flexibility index (Phi) is 4.70. The van der Waals surface area contributed by atoms with Crippen molar-refractivity contribution < 1.29 is 37.3 Å². The molecule has 0 saturated carbocycles. The molecule has 24 heavy (non-hydrogen) atoms. The molecule has 7 nitrogen and oxygen atoms in total. The molecule has 0 spiro atoms. The third-order valence-corrected chi connectivity index (χ3v) is 3.36. The van der Waals surface area contributed by atoms with Crippen LogP contribution >= 0.6 is 0 Å². The molecule has 1 N–H and O–H groups in total. The van der Waals surface area contributed by atoms with Crippen LogP contribution in [0.2, 0.25) is 0 Å². The minimum atomic E-state index is -4.69. The van der Waals surface area contributed by atoms with Gasteiger partial charge in [-0.25, -0.2) is 14.6 Å². The molecule has 1 aromatic heterocycles. The van der Waals surface area contributed by atoms with E-state index < -0.39 is 36.1 Å². The van der Waals surface area contributed by atoms with Gasteiger partial charge in [-0.05, 0) is 19.1 Å². The number of carbonyl (C=O) groups is 2. The van der Waals surface area contributed by atoms with Crippen molar-refractivity contribution in [3.8, 4) is 0 Å². The van der Waals surface area contributed by atoms with Crippen LogP contribution in [0.3, 0.4) is 0 Å². The van der Waals surface area contributed by atoms with Crippen LogP contribution < -0.4 is 0 Å². The minimum Gasteiger partial charge on any atom is -0.478 e. The highest BCUT2D eigenvalue weighted by Crippen LogP contribution is 2.29. The first kappa shape index (κ1) is 18.0. The van der Waals surface area contributed by atoms with Crippen molar-refractivity contribution in [1.82, 2.24) is 9.88 Å². The van der Waals surface area contributed by atoms with Gasteiger partial charge in [-0.1, -0.05) is 0 Å². The molecule has 0 aromatic carbocycles. The standard InChI is InChI=1S/C14H15F3N2O5/c1-13(6-19(2)12(22)24-13)7-23-5-9-8(11(20)21)3-4-10(18-9)14(15,16)17/h3-4H,5-7H2,1-2H3,(H,20,21). The van der Waals surface area contributed by atoms with Gasteiger partial charge in [0.05, 0.1) is 31.0 Å². The number of amides is 1. The topological polar surface area (TPSA) is 89.0 Å². The van der Waals surface area contributed by atoms with Crippen molar-refractivity contribution in [3.05, 3.63) is 29.1 Å². The van der Waals surface area contributed by atoms with Crippen LogP contribution in [0, 0.1) is 0 Å². The third kappa shape index (κ3) is 3.94. The first-order chi connectivity index (χ1) is 11.0. The maximum atomic E-state index is 12.7. The molecule has 1 fully saturated rings. The maximum Gasteiger partial charge on any atom is 0.433 e. The second-order valence-corrected chi connectivity index (χ2v) is 5.66. The largest absolute Gasteiger partial charge is 0.478 e. The number of cyclic esters (lactones) is 1. The summed E-state index contributed by atoms with van der Waals surface area (Å²) < 4.78 is 48.5. The van der Waals surface area contributed by atoms with Gasteiger partial charge in [0.2, 0.25) is 0 Å². The number of aromatic carboxylic acids is 1. The lowest BCUT2D eigenvalue weighted by Gasteiger charge is -2.21. The van der Waals surface area contributed by atoms with E-state index in [0.717, 1.165) is 6.07 Å². The number of halogens is 3. The summed E-state index contributed by atoms with van der Waals surface area (Å²) in [4.78, 5) is 27.1. The number of alkyl halides is 3. The zero-order chi connectivity index (χ0) is 18.1. The Bertz CT molecular complexity index is 664. The average molecular weight is 348 g/mol. The Morgan fingerprint density at radius 3 is 2.67 bits per heavy atom. The zero-order valence-electron chi connectivity index (χ0n) is 12.9. The summed E-state index contributed by atoms with van der Waals surface area (Å²) in [6.45, 7) is 1.28. The lowest BCUT2D eigenvalue weighted by atomic mass is 10.1. The Balaban J connectivity index is 2.11. The Hall–Kier alpha value is -2.36. The molecule has 1 saturated heterocycles. The van der Waals surface area contributed by atoms with Gasteiger partial charge >= 0.3 is 18.2 Å². The molecule has 1 aromatic rings. The van der Waals surface area contributed by atoms with Crippen LogP contribution in [0.25, 0.3) is 0 Å². The number of hydrogen-bond donors (Lipinski definition) is 1. The predicted octanol–water partition coefficient (Wildman–Crippen LogP) is 2.16. The van der Waals surface area contributed by atoms with E-state index in [-0.39, 0.29) is 24.4 Å². The number of carboxylic acids is 1. The van der Waals surface area contributed by atoms with Gasteiger partial charge in [-0.3, -0.25) is 0 Å². The van der Waals surface area contributed by atoms with E-state index in [4.69, 9.17) is 14.6 Å². The molecule has 0 aliphatic carbocycles. The zero-order valence-corrected chi connectivity index (χ0v) is 12.9. The summed E-state index contributed by atoms with van der Waals surface area (Å²) in [6, 6.07) is 1.43. The second kappa shape index (κ2) is 6.27. The number of carbonyl (C=O) groups excluding carboxylic acids is 1. The van der Waals surface area contributed by atoms with Gasteiger partial charge in [0.1, 0.15) is 5.69 Å². The average Bonchev–Trinajstić information content (AvgIpc) is 2.70. The van der Waals surface area contributed by atoms with Gasteiger partial charge in [0, 0.05) is 7.05 Å². The fourth-order valence-corrected chi connectivity index (χ4v) is 2.29. The number of carboxylic acid groups (broad SMARTS) is 1. The number of pyridine rings is 1. The highest BCUT2D eigenvalue weighted by Gasteiger charge is 2.40. The van der Waals surface area contributed by atoms with Crippen LogP contribution in [-0.4, -0.2) is 52.9 Å². The van der Waals surface area contributed by atoms with Gasteiger partial charge < -0.3 is 19.5 Å². The molecule has 1 atom stereocenters. The lowest BCUT2D eigenvalue weighted by molar-refractivity contribution is -0.141. The van der Waals surface area contributed by atoms with Crippen LogP contribution in [0.5, 0.6) is 0 Å². The normalized spacial score (nSPS) is 21.0. The monoisotopic (exact) mass is 348 g/mol. The van der Waals surface area contributed by atoms with E-state index in [1.54, 1.807) is 6.92 Å². The molecule has 1 aliphatic heterocycles. The highest BCUT2D eigenvalue weighted by atomic mass is 19.4. The molecule has 1 unspecified atom stereocenters. The molecular weight excluding hydrogens is 333 g/mol. The van der Waals surface area contributed by atoms with E-state index >= 15 is 0 Å². The van der Waals surface area contributed by atoms with E-state index in [1.807, 2.05) is 0 Å². The summed E-state index contributed by atoms with van der Waals surface area (Å²) in [5.74, 6) is -1.41. The number of aromatic nitrogens is 1. The summed E-state index contributed by atoms with van der Waals surface area (Å²) >= 11 is 0. The van der Waals surface area contributed by atoms with E-state index in [2.05, 4.69) is 4.98 Å². The van der Waals surface area contributed by atoms with Crippen molar-refractivity contribution in [2.24, 2.45) is 0 Å². The molecule has 2 heterocycles. The minimum absolute atomic E-state index is 0.111. The maximum absolute atomic E-state index is 12.7. The number of hydrogen-bond acceptors (Lipinski definition) is 5. The second-order valence-electron chi connectivity index (χ2n) is 5.66. The van der Waals surface area contributed by atoms with E-state index in [1.165, 1.54) is 11.9 Å². The Morgan fingerprint density at radius 2 is 2.17 bits per heavy atom. The first-order valence-electron chi connectivity index (χ1n) is 6.84. The van der Waals surface area contributed by atoms with Gasteiger partial charge in [0.25, 0.3) is 0 Å². The van der Waals surface area contributed by atoms with Crippen molar-refractivity contribution in [1.29, 1.82) is 0 Å². The van der Waals surface area contributed by atoms with Crippen molar-refractivity contribution in [3.63, 3.8) is 0 Å². The van der Waals surface area contributed by atoms with Crippen LogP contribution in [0.1, 0.15) is 28.7 Å². The molecule has 132 valence electrons. The molecule has 0 bridgehead atoms. The van der Waals surface area contributed by atoms with Crippen LogP contribution in [0.15, 0.2) is 12.1 Å². The van der Waals surface area contributed by atoms with Gasteiger partial charge in [-0.2, -0.15) is 13.2 Å². The van der Waals surface area contributed by atoms with Gasteiger partial charge in [-0.15, -0.1) is 0 Å². The van der Waals surface area contributed by atoms with Crippen LogP contribution in [-0.2, 0) is 22.3 Å². The van der Waals surface area contributed by atoms with E-state index in [0.29, 0.717) is 6.07 Å².